The van der Waals surface area contributed by atoms with Gasteiger partial charge in [-0.1, -0.05) is 137 Å². The zero-order valence-electron chi connectivity index (χ0n) is 18.2. The van der Waals surface area contributed by atoms with Gasteiger partial charge in [0.25, 0.3) is 0 Å². The van der Waals surface area contributed by atoms with Gasteiger partial charge >= 0.3 is 0 Å². The molecule has 0 heterocycles. The van der Waals surface area contributed by atoms with Gasteiger partial charge in [0.1, 0.15) is 0 Å². The van der Waals surface area contributed by atoms with Crippen LogP contribution in [-0.4, -0.2) is 20.4 Å². The maximum Gasteiger partial charge on any atom is 0.242 e. The van der Waals surface area contributed by atoms with Crippen LogP contribution in [0.4, 0.5) is 0 Å². The second-order valence-electron chi connectivity index (χ2n) is 7.81. The Morgan fingerprint density at radius 3 is 1.58 bits per heavy atom. The summed E-state index contributed by atoms with van der Waals surface area (Å²) in [6, 6.07) is 41.0. The lowest BCUT2D eigenvalue weighted by atomic mass is 9.34. The smallest absolute Gasteiger partial charge is 0.242 e. The lowest BCUT2D eigenvalue weighted by Gasteiger charge is -2.24. The van der Waals surface area contributed by atoms with E-state index in [1.165, 1.54) is 38.7 Å². The van der Waals surface area contributed by atoms with Crippen molar-refractivity contribution < 1.29 is 4.74 Å². The van der Waals surface area contributed by atoms with E-state index in [0.29, 0.717) is 6.61 Å². The van der Waals surface area contributed by atoms with E-state index in [1.54, 1.807) is 7.11 Å². The number of methoxy groups -OCH3 is 1. The molecule has 0 radical (unpaired) electrons. The highest BCUT2D eigenvalue weighted by atomic mass is 16.5. The summed E-state index contributed by atoms with van der Waals surface area (Å²) in [5.41, 5.74) is 8.71. The Morgan fingerprint density at radius 2 is 1.10 bits per heavy atom. The largest absolute Gasteiger partial charge is 0.380 e. The van der Waals surface area contributed by atoms with Crippen molar-refractivity contribution in [3.63, 3.8) is 0 Å². The van der Waals surface area contributed by atoms with E-state index in [-0.39, 0.29) is 6.71 Å². The number of rotatable bonds is 7. The molecule has 0 atom stereocenters. The number of ether oxygens (including phenoxy) is 1. The van der Waals surface area contributed by atoms with Gasteiger partial charge in [0.05, 0.1) is 6.61 Å². The normalized spacial score (nSPS) is 11.7. The zero-order valence-corrected chi connectivity index (χ0v) is 18.2. The van der Waals surface area contributed by atoms with Crippen LogP contribution in [0.3, 0.4) is 0 Å². The Labute approximate surface area is 186 Å². The fourth-order valence-corrected chi connectivity index (χ4v) is 4.17. The first-order valence-corrected chi connectivity index (χ1v) is 10.7. The van der Waals surface area contributed by atoms with Crippen LogP contribution < -0.4 is 10.9 Å². The average Bonchev–Trinajstić information content (AvgIpc) is 2.84. The number of aryl methyl sites for hydroxylation is 1. The predicted molar refractivity (Wildman–Crippen MR) is 134 cm³/mol. The van der Waals surface area contributed by atoms with Gasteiger partial charge in [0, 0.05) is 7.11 Å². The van der Waals surface area contributed by atoms with Crippen molar-refractivity contribution in [3.05, 3.63) is 132 Å². The Balaban J connectivity index is 2.04. The SMILES string of the molecule is COC/C(=C(/B(c1ccccc1)c1ccccc1)c1ccccc1)c1ccc(C)cc1. The summed E-state index contributed by atoms with van der Waals surface area (Å²) in [7, 11) is 1.77. The van der Waals surface area contributed by atoms with Crippen LogP contribution in [0.5, 0.6) is 0 Å². The summed E-state index contributed by atoms with van der Waals surface area (Å²) in [6.45, 7) is 2.76. The molecular weight excluding hydrogens is 375 g/mol. The van der Waals surface area contributed by atoms with Crippen LogP contribution >= 0.6 is 0 Å². The molecule has 0 aliphatic heterocycles. The third kappa shape index (κ3) is 4.87. The quantitative estimate of drug-likeness (QED) is 0.297. The molecule has 31 heavy (non-hydrogen) atoms. The summed E-state index contributed by atoms with van der Waals surface area (Å²) >= 11 is 0. The Kier molecular flexibility index (Phi) is 6.81. The Morgan fingerprint density at radius 1 is 0.613 bits per heavy atom. The Bertz CT molecular complexity index is 1080. The number of hydrogen-bond acceptors (Lipinski definition) is 1. The average molecular weight is 402 g/mol. The molecule has 0 saturated carbocycles. The zero-order chi connectivity index (χ0) is 21.5. The number of hydrogen-bond donors (Lipinski definition) is 0. The predicted octanol–water partition coefficient (Wildman–Crippen LogP) is 5.40. The summed E-state index contributed by atoms with van der Waals surface area (Å²) in [4.78, 5) is 0. The van der Waals surface area contributed by atoms with Crippen molar-refractivity contribution in [3.8, 4) is 0 Å². The highest BCUT2D eigenvalue weighted by Crippen LogP contribution is 2.29. The van der Waals surface area contributed by atoms with E-state index >= 15 is 0 Å². The van der Waals surface area contributed by atoms with Gasteiger partial charge in [0.2, 0.25) is 6.71 Å². The fraction of sp³-hybridized carbons (Fsp3) is 0.103. The van der Waals surface area contributed by atoms with Crippen molar-refractivity contribution in [1.29, 1.82) is 0 Å². The summed E-state index contributed by atoms with van der Waals surface area (Å²) in [5, 5.41) is 0. The van der Waals surface area contributed by atoms with E-state index in [1.807, 2.05) is 0 Å². The molecule has 4 rings (SSSR count). The van der Waals surface area contributed by atoms with Gasteiger partial charge in [-0.2, -0.15) is 0 Å². The van der Waals surface area contributed by atoms with Gasteiger partial charge < -0.3 is 4.74 Å². The first kappa shape index (κ1) is 20.9. The van der Waals surface area contributed by atoms with Gasteiger partial charge in [-0.15, -0.1) is 0 Å². The molecule has 0 amide bonds. The molecule has 0 unspecified atom stereocenters. The van der Waals surface area contributed by atoms with Crippen molar-refractivity contribution in [2.75, 3.05) is 13.7 Å². The van der Waals surface area contributed by atoms with Crippen LogP contribution in [0.2, 0.25) is 0 Å². The molecular formula is C29H27BO. The van der Waals surface area contributed by atoms with Crippen LogP contribution in [0, 0.1) is 6.92 Å². The molecule has 4 aromatic carbocycles. The van der Waals surface area contributed by atoms with Gasteiger partial charge in [-0.05, 0) is 23.6 Å². The second kappa shape index (κ2) is 10.1. The van der Waals surface area contributed by atoms with Gasteiger partial charge in [0.15, 0.2) is 0 Å². The highest BCUT2D eigenvalue weighted by molar-refractivity contribution is 7.00. The van der Waals surface area contributed by atoms with Crippen molar-refractivity contribution in [1.82, 2.24) is 0 Å². The molecule has 0 spiro atoms. The highest BCUT2D eigenvalue weighted by Gasteiger charge is 2.28. The molecule has 2 heteroatoms. The minimum atomic E-state index is 0.0938. The molecule has 0 bridgehead atoms. The minimum Gasteiger partial charge on any atom is -0.380 e. The van der Waals surface area contributed by atoms with E-state index in [9.17, 15) is 0 Å². The third-order valence-electron chi connectivity index (χ3n) is 5.65. The van der Waals surface area contributed by atoms with Crippen molar-refractivity contribution in [2.24, 2.45) is 0 Å². The van der Waals surface area contributed by atoms with Gasteiger partial charge in [-0.3, -0.25) is 0 Å². The summed E-state index contributed by atoms with van der Waals surface area (Å²) in [5.74, 6) is 0. The number of benzene rings is 4. The van der Waals surface area contributed by atoms with Gasteiger partial charge in [-0.25, -0.2) is 0 Å². The van der Waals surface area contributed by atoms with Crippen molar-refractivity contribution in [2.45, 2.75) is 6.92 Å². The minimum absolute atomic E-state index is 0.0938. The molecule has 0 aliphatic carbocycles. The fourth-order valence-electron chi connectivity index (χ4n) is 4.17. The molecule has 1 nitrogen and oxygen atoms in total. The standard InChI is InChI=1S/C29H27BO/c1-23-18-20-24(21-19-23)28(22-31-2)29(25-12-6-3-7-13-25)30(26-14-8-4-9-15-26)27-16-10-5-11-17-27/h3-21H,22H2,1-2H3/b29-28-. The summed E-state index contributed by atoms with van der Waals surface area (Å²) in [6.07, 6.45) is 0. The monoisotopic (exact) mass is 402 g/mol. The van der Waals surface area contributed by atoms with E-state index < -0.39 is 0 Å². The molecule has 152 valence electrons. The first-order chi connectivity index (χ1) is 15.3. The van der Waals surface area contributed by atoms with Crippen LogP contribution in [0.25, 0.3) is 11.0 Å². The first-order valence-electron chi connectivity index (χ1n) is 10.7. The van der Waals surface area contributed by atoms with E-state index in [4.69, 9.17) is 4.74 Å². The third-order valence-corrected chi connectivity index (χ3v) is 5.65. The topological polar surface area (TPSA) is 9.23 Å². The van der Waals surface area contributed by atoms with Crippen LogP contribution in [-0.2, 0) is 4.74 Å². The van der Waals surface area contributed by atoms with E-state index in [2.05, 4.69) is 122 Å². The van der Waals surface area contributed by atoms with Crippen LogP contribution in [0.1, 0.15) is 16.7 Å². The molecule has 0 N–H and O–H groups in total. The molecule has 0 aromatic heterocycles. The summed E-state index contributed by atoms with van der Waals surface area (Å²) < 4.78 is 5.76. The molecule has 0 fully saturated rings. The molecule has 4 aromatic rings. The maximum absolute atomic E-state index is 5.76. The lowest BCUT2D eigenvalue weighted by Crippen LogP contribution is -2.44. The molecule has 0 aliphatic rings. The maximum atomic E-state index is 5.76. The van der Waals surface area contributed by atoms with E-state index in [0.717, 1.165) is 0 Å². The van der Waals surface area contributed by atoms with Crippen LogP contribution in [0.15, 0.2) is 115 Å². The lowest BCUT2D eigenvalue weighted by molar-refractivity contribution is 0.240. The van der Waals surface area contributed by atoms with Crippen molar-refractivity contribution >= 4 is 28.7 Å². The Hall–Kier alpha value is -3.36. The second-order valence-corrected chi connectivity index (χ2v) is 7.81. The molecule has 0 saturated heterocycles.